The van der Waals surface area contributed by atoms with Gasteiger partial charge in [-0.2, -0.15) is 0 Å². The fourth-order valence-corrected chi connectivity index (χ4v) is 5.05. The maximum atomic E-state index is 14.9. The van der Waals surface area contributed by atoms with Crippen LogP contribution in [0.4, 0.5) is 14.7 Å². The van der Waals surface area contributed by atoms with Gasteiger partial charge < -0.3 is 14.9 Å². The Morgan fingerprint density at radius 1 is 1.03 bits per heavy atom. The number of halogens is 2. The minimum atomic E-state index is -1.43. The molecule has 2 aliphatic heterocycles. The van der Waals surface area contributed by atoms with Crippen LogP contribution in [0.15, 0.2) is 42.6 Å². The van der Waals surface area contributed by atoms with Crippen LogP contribution in [-0.2, 0) is 5.60 Å². The lowest BCUT2D eigenvalue weighted by Gasteiger charge is -2.25. The number of likely N-dealkylation sites (tertiary alicyclic amines) is 1. The molecule has 182 valence electrons. The van der Waals surface area contributed by atoms with Gasteiger partial charge in [0.15, 0.2) is 5.82 Å². The summed E-state index contributed by atoms with van der Waals surface area (Å²) in [5.41, 5.74) is -0.222. The standard InChI is InChI=1S/C26H27F2N5O2/c1-15-22(28)23(26(2,3)35)31-25(30-15)33-13-16-11-32(12-17(16)14-33)24(34)21-18(7-6-8-19(21)27)20-9-4-5-10-29-20/h4-10,16-17,35H,11-14H2,1-3H3/t16-,17+. The number of aryl methyl sites for hydroxylation is 1. The molecule has 0 unspecified atom stereocenters. The van der Waals surface area contributed by atoms with E-state index in [-0.39, 0.29) is 34.7 Å². The second-order valence-corrected chi connectivity index (χ2v) is 9.84. The third kappa shape index (κ3) is 4.25. The summed E-state index contributed by atoms with van der Waals surface area (Å²) in [5, 5.41) is 10.3. The van der Waals surface area contributed by atoms with Gasteiger partial charge in [-0.3, -0.25) is 9.78 Å². The highest BCUT2D eigenvalue weighted by molar-refractivity contribution is 6.01. The first-order chi connectivity index (χ1) is 16.6. The van der Waals surface area contributed by atoms with E-state index >= 15 is 0 Å². The molecule has 4 heterocycles. The van der Waals surface area contributed by atoms with Crippen molar-refractivity contribution in [3.63, 3.8) is 0 Å². The van der Waals surface area contributed by atoms with Crippen molar-refractivity contribution in [1.29, 1.82) is 0 Å². The number of fused-ring (bicyclic) bond motifs is 1. The summed E-state index contributed by atoms with van der Waals surface area (Å²) in [7, 11) is 0. The minimum absolute atomic E-state index is 0.0320. The third-order valence-electron chi connectivity index (χ3n) is 6.81. The van der Waals surface area contributed by atoms with E-state index in [2.05, 4.69) is 15.0 Å². The van der Waals surface area contributed by atoms with Crippen LogP contribution in [0.5, 0.6) is 0 Å². The molecule has 1 N–H and O–H groups in total. The number of pyridine rings is 1. The van der Waals surface area contributed by atoms with E-state index in [0.29, 0.717) is 43.4 Å². The smallest absolute Gasteiger partial charge is 0.257 e. The predicted molar refractivity (Wildman–Crippen MR) is 127 cm³/mol. The molecule has 2 atom stereocenters. The van der Waals surface area contributed by atoms with Gasteiger partial charge >= 0.3 is 0 Å². The maximum Gasteiger partial charge on any atom is 0.257 e. The van der Waals surface area contributed by atoms with Crippen LogP contribution in [0.2, 0.25) is 0 Å². The lowest BCUT2D eigenvalue weighted by atomic mass is 10.0. The van der Waals surface area contributed by atoms with Crippen LogP contribution in [0.1, 0.15) is 35.6 Å². The Morgan fingerprint density at radius 2 is 1.74 bits per heavy atom. The number of aliphatic hydroxyl groups is 1. The van der Waals surface area contributed by atoms with Crippen molar-refractivity contribution in [2.24, 2.45) is 11.8 Å². The summed E-state index contributed by atoms with van der Waals surface area (Å²) in [4.78, 5) is 30.0. The van der Waals surface area contributed by atoms with Gasteiger partial charge in [0.05, 0.1) is 17.0 Å². The van der Waals surface area contributed by atoms with Crippen molar-refractivity contribution in [2.75, 3.05) is 31.1 Å². The van der Waals surface area contributed by atoms with Gasteiger partial charge in [0.1, 0.15) is 17.1 Å². The Labute approximate surface area is 202 Å². The molecule has 0 radical (unpaired) electrons. The van der Waals surface area contributed by atoms with E-state index in [1.54, 1.807) is 48.4 Å². The molecule has 0 saturated carbocycles. The molecule has 0 bridgehead atoms. The maximum absolute atomic E-state index is 14.9. The van der Waals surface area contributed by atoms with Crippen LogP contribution in [-0.4, -0.2) is 57.0 Å². The van der Waals surface area contributed by atoms with Gasteiger partial charge in [0.2, 0.25) is 5.95 Å². The van der Waals surface area contributed by atoms with Gasteiger partial charge in [-0.05, 0) is 39.0 Å². The van der Waals surface area contributed by atoms with Gasteiger partial charge in [-0.25, -0.2) is 18.7 Å². The first-order valence-electron chi connectivity index (χ1n) is 11.6. The highest BCUT2D eigenvalue weighted by atomic mass is 19.1. The van der Waals surface area contributed by atoms with E-state index in [0.717, 1.165) is 0 Å². The van der Waals surface area contributed by atoms with E-state index < -0.39 is 17.2 Å². The highest BCUT2D eigenvalue weighted by Crippen LogP contribution is 2.36. The zero-order valence-electron chi connectivity index (χ0n) is 19.9. The summed E-state index contributed by atoms with van der Waals surface area (Å²) < 4.78 is 29.4. The molecule has 1 aromatic carbocycles. The molecule has 9 heteroatoms. The number of nitrogens with zero attached hydrogens (tertiary/aromatic N) is 5. The molecule has 2 aliphatic rings. The van der Waals surface area contributed by atoms with Gasteiger partial charge in [-0.15, -0.1) is 0 Å². The van der Waals surface area contributed by atoms with Crippen molar-refractivity contribution in [2.45, 2.75) is 26.4 Å². The first kappa shape index (κ1) is 23.3. The number of hydrogen-bond acceptors (Lipinski definition) is 6. The monoisotopic (exact) mass is 479 g/mol. The number of benzene rings is 1. The molecule has 0 spiro atoms. The average molecular weight is 480 g/mol. The number of hydrogen-bond donors (Lipinski definition) is 1. The predicted octanol–water partition coefficient (Wildman–Crippen LogP) is 3.56. The number of carbonyl (C=O) groups excluding carboxylic acids is 1. The molecule has 5 rings (SSSR count). The summed E-state index contributed by atoms with van der Waals surface area (Å²) in [5.74, 6) is -0.827. The van der Waals surface area contributed by atoms with Crippen LogP contribution < -0.4 is 4.90 Å². The van der Waals surface area contributed by atoms with Gasteiger partial charge in [0, 0.05) is 49.8 Å². The largest absolute Gasteiger partial charge is 0.384 e. The molecule has 1 amide bonds. The molecular weight excluding hydrogens is 452 g/mol. The average Bonchev–Trinajstić information content (AvgIpc) is 3.39. The molecule has 2 saturated heterocycles. The van der Waals surface area contributed by atoms with E-state index in [1.165, 1.54) is 19.9 Å². The Morgan fingerprint density at radius 3 is 2.37 bits per heavy atom. The van der Waals surface area contributed by atoms with Crippen molar-refractivity contribution in [3.05, 3.63) is 71.2 Å². The van der Waals surface area contributed by atoms with E-state index in [9.17, 15) is 18.7 Å². The first-order valence-corrected chi connectivity index (χ1v) is 11.6. The zero-order valence-corrected chi connectivity index (χ0v) is 19.9. The summed E-state index contributed by atoms with van der Waals surface area (Å²) in [6.07, 6.45) is 1.62. The molecule has 3 aromatic rings. The van der Waals surface area contributed by atoms with Gasteiger partial charge in [-0.1, -0.05) is 18.2 Å². The second-order valence-electron chi connectivity index (χ2n) is 9.84. The Balaban J connectivity index is 1.35. The summed E-state index contributed by atoms with van der Waals surface area (Å²) in [6.45, 7) is 6.69. The van der Waals surface area contributed by atoms with E-state index in [1.807, 2.05) is 4.90 Å². The fourth-order valence-electron chi connectivity index (χ4n) is 5.05. The van der Waals surface area contributed by atoms with Crippen LogP contribution in [0, 0.1) is 30.4 Å². The normalized spacial score (nSPS) is 19.8. The molecular formula is C26H27F2N5O2. The summed E-state index contributed by atoms with van der Waals surface area (Å²) in [6, 6.07) is 9.93. The van der Waals surface area contributed by atoms with Gasteiger partial charge in [0.25, 0.3) is 5.91 Å². The van der Waals surface area contributed by atoms with Crippen LogP contribution >= 0.6 is 0 Å². The number of rotatable bonds is 4. The Bertz CT molecular complexity index is 1260. The van der Waals surface area contributed by atoms with Crippen molar-refractivity contribution < 1.29 is 18.7 Å². The quantitative estimate of drug-likeness (QED) is 0.616. The Hall–Kier alpha value is -3.46. The molecule has 2 aromatic heterocycles. The van der Waals surface area contributed by atoms with Crippen molar-refractivity contribution in [3.8, 4) is 11.3 Å². The SMILES string of the molecule is Cc1nc(N2C[C@H]3CN(C(=O)c4c(F)cccc4-c4ccccn4)C[C@H]3C2)nc(C(C)(C)O)c1F. The van der Waals surface area contributed by atoms with Crippen LogP contribution in [0.3, 0.4) is 0 Å². The van der Waals surface area contributed by atoms with Crippen molar-refractivity contribution >= 4 is 11.9 Å². The molecule has 2 fully saturated rings. The number of carbonyl (C=O) groups is 1. The summed E-state index contributed by atoms with van der Waals surface area (Å²) >= 11 is 0. The Kier molecular flexibility index (Phi) is 5.75. The highest BCUT2D eigenvalue weighted by Gasteiger charge is 2.43. The lowest BCUT2D eigenvalue weighted by molar-refractivity contribution is 0.0690. The molecule has 0 aliphatic carbocycles. The third-order valence-corrected chi connectivity index (χ3v) is 6.81. The number of amides is 1. The van der Waals surface area contributed by atoms with E-state index in [4.69, 9.17) is 0 Å². The molecule has 7 nitrogen and oxygen atoms in total. The van der Waals surface area contributed by atoms with Crippen molar-refractivity contribution in [1.82, 2.24) is 19.9 Å². The number of aromatic nitrogens is 3. The minimum Gasteiger partial charge on any atom is -0.384 e. The number of anilines is 1. The molecule has 35 heavy (non-hydrogen) atoms. The lowest BCUT2D eigenvalue weighted by Crippen LogP contribution is -2.35. The topological polar surface area (TPSA) is 82.5 Å². The zero-order chi connectivity index (χ0) is 24.9. The second kappa shape index (κ2) is 8.64. The fraction of sp³-hybridized carbons (Fsp3) is 0.385. The van der Waals surface area contributed by atoms with Crippen LogP contribution in [0.25, 0.3) is 11.3 Å².